The second-order valence-corrected chi connectivity index (χ2v) is 8.55. The molecule has 0 saturated heterocycles. The number of carboxylic acids is 1. The highest BCUT2D eigenvalue weighted by atomic mass is 79.9. The zero-order chi connectivity index (χ0) is 23.2. The number of nitrogens with zero attached hydrogens (tertiary/aromatic N) is 3. The maximum absolute atomic E-state index is 14.4. The van der Waals surface area contributed by atoms with Crippen molar-refractivity contribution in [2.24, 2.45) is 0 Å². The number of fused-ring (bicyclic) bond motifs is 3. The summed E-state index contributed by atoms with van der Waals surface area (Å²) in [6, 6.07) is 10.0. The maximum atomic E-state index is 14.4. The Hall–Kier alpha value is -2.56. The Morgan fingerprint density at radius 1 is 1.31 bits per heavy atom. The van der Waals surface area contributed by atoms with Crippen LogP contribution in [0.25, 0.3) is 5.69 Å². The Morgan fingerprint density at radius 3 is 2.72 bits per heavy atom. The van der Waals surface area contributed by atoms with E-state index in [0.717, 1.165) is 4.57 Å². The Bertz CT molecular complexity index is 1200. The number of hydrogen-bond acceptors (Lipinski definition) is 6. The molecule has 4 rings (SSSR count). The van der Waals surface area contributed by atoms with Crippen LogP contribution < -0.4 is 9.84 Å². The number of benzene rings is 2. The molecule has 0 saturated carbocycles. The van der Waals surface area contributed by atoms with Crippen molar-refractivity contribution in [1.29, 1.82) is 0 Å². The summed E-state index contributed by atoms with van der Waals surface area (Å²) in [4.78, 5) is 11.5. The van der Waals surface area contributed by atoms with Crippen molar-refractivity contribution in [2.75, 3.05) is 7.11 Å². The van der Waals surface area contributed by atoms with E-state index in [9.17, 15) is 18.7 Å². The number of carbonyl (C=O) groups excluding carboxylic acids is 1. The predicted octanol–water partition coefficient (Wildman–Crippen LogP) is 4.10. The van der Waals surface area contributed by atoms with Crippen molar-refractivity contribution in [2.45, 2.75) is 31.5 Å². The van der Waals surface area contributed by atoms with Crippen molar-refractivity contribution in [3.63, 3.8) is 0 Å². The van der Waals surface area contributed by atoms with E-state index >= 15 is 0 Å². The number of carboxylic acid groups (broad SMARTS) is 1. The van der Waals surface area contributed by atoms with Crippen LogP contribution in [0.3, 0.4) is 0 Å². The topological polar surface area (TPSA) is 89.3 Å². The minimum atomic E-state index is -3.35. The highest BCUT2D eigenvalue weighted by molar-refractivity contribution is 9.10. The molecule has 11 heteroatoms. The first kappa shape index (κ1) is 22.6. The number of methoxy groups -OCH3 is 1. The SMILES string of the molecule is COc1cccc([C@@H]2O[C@@H](CC(=O)[O-])c3nnc(C(C)(F)F)n3-c3ccc(Br)cc32)c1Cl. The van der Waals surface area contributed by atoms with Gasteiger partial charge in [0.2, 0.25) is 5.82 Å². The molecule has 0 spiro atoms. The highest BCUT2D eigenvalue weighted by Crippen LogP contribution is 2.46. The van der Waals surface area contributed by atoms with Crippen LogP contribution in [0.15, 0.2) is 40.9 Å². The van der Waals surface area contributed by atoms with Gasteiger partial charge in [-0.1, -0.05) is 39.7 Å². The Balaban J connectivity index is 2.03. The molecule has 2 atom stereocenters. The first-order chi connectivity index (χ1) is 15.1. The molecule has 7 nitrogen and oxygen atoms in total. The second kappa shape index (κ2) is 8.42. The molecule has 0 radical (unpaired) electrons. The molecule has 168 valence electrons. The molecular formula is C21H16BrClF2N3O4-. The van der Waals surface area contributed by atoms with E-state index in [2.05, 4.69) is 26.1 Å². The number of halogens is 4. The van der Waals surface area contributed by atoms with E-state index in [1.54, 1.807) is 36.4 Å². The van der Waals surface area contributed by atoms with Gasteiger partial charge in [-0.15, -0.1) is 10.2 Å². The summed E-state index contributed by atoms with van der Waals surface area (Å²) < 4.78 is 42.1. The first-order valence-electron chi connectivity index (χ1n) is 9.43. The molecule has 0 fully saturated rings. The van der Waals surface area contributed by atoms with E-state index in [4.69, 9.17) is 21.1 Å². The minimum absolute atomic E-state index is 0.0733. The number of hydrogen-bond donors (Lipinski definition) is 0. The van der Waals surface area contributed by atoms with E-state index in [1.807, 2.05) is 0 Å². The Kier molecular flexibility index (Phi) is 5.95. The predicted molar refractivity (Wildman–Crippen MR) is 112 cm³/mol. The highest BCUT2D eigenvalue weighted by Gasteiger charge is 2.40. The summed E-state index contributed by atoms with van der Waals surface area (Å²) in [5.74, 6) is -5.12. The summed E-state index contributed by atoms with van der Waals surface area (Å²) in [7, 11) is 1.46. The van der Waals surface area contributed by atoms with Crippen LogP contribution in [0.1, 0.15) is 48.3 Å². The normalized spacial score (nSPS) is 17.9. The van der Waals surface area contributed by atoms with Crippen molar-refractivity contribution in [3.8, 4) is 11.4 Å². The number of aromatic nitrogens is 3. The summed E-state index contributed by atoms with van der Waals surface area (Å²) in [5.41, 5.74) is 1.24. The van der Waals surface area contributed by atoms with Crippen molar-refractivity contribution in [1.82, 2.24) is 14.8 Å². The number of aliphatic carboxylic acids is 1. The molecule has 1 aliphatic heterocycles. The van der Waals surface area contributed by atoms with Crippen molar-refractivity contribution < 1.29 is 28.2 Å². The molecule has 32 heavy (non-hydrogen) atoms. The maximum Gasteiger partial charge on any atom is 0.304 e. The first-order valence-corrected chi connectivity index (χ1v) is 10.6. The van der Waals surface area contributed by atoms with Gasteiger partial charge in [0, 0.05) is 34.9 Å². The molecule has 3 aromatic rings. The van der Waals surface area contributed by atoms with Gasteiger partial charge in [0.25, 0.3) is 0 Å². The number of carbonyl (C=O) groups is 1. The molecular weight excluding hydrogens is 512 g/mol. The van der Waals surface area contributed by atoms with Gasteiger partial charge in [0.1, 0.15) is 18.0 Å². The van der Waals surface area contributed by atoms with Crippen LogP contribution in [0, 0.1) is 0 Å². The fraction of sp³-hybridized carbons (Fsp3) is 0.286. The Labute approximate surface area is 195 Å². The van der Waals surface area contributed by atoms with E-state index in [0.29, 0.717) is 34.0 Å². The molecule has 1 aliphatic rings. The van der Waals surface area contributed by atoms with Crippen LogP contribution in [-0.4, -0.2) is 27.8 Å². The lowest BCUT2D eigenvalue weighted by molar-refractivity contribution is -0.308. The second-order valence-electron chi connectivity index (χ2n) is 7.25. The average Bonchev–Trinajstić information content (AvgIpc) is 3.12. The van der Waals surface area contributed by atoms with E-state index in [1.165, 1.54) is 7.11 Å². The number of alkyl halides is 2. The molecule has 0 bridgehead atoms. The minimum Gasteiger partial charge on any atom is -0.550 e. The number of ether oxygens (including phenoxy) is 2. The molecule has 2 aromatic carbocycles. The van der Waals surface area contributed by atoms with Gasteiger partial charge in [0.05, 0.1) is 17.8 Å². The van der Waals surface area contributed by atoms with Crippen LogP contribution >= 0.6 is 27.5 Å². The van der Waals surface area contributed by atoms with Gasteiger partial charge in [-0.25, -0.2) is 0 Å². The van der Waals surface area contributed by atoms with Gasteiger partial charge in [-0.05, 0) is 24.3 Å². The van der Waals surface area contributed by atoms with Gasteiger partial charge in [-0.3, -0.25) is 4.57 Å². The lowest BCUT2D eigenvalue weighted by atomic mass is 9.99. The quantitative estimate of drug-likeness (QED) is 0.496. The average molecular weight is 528 g/mol. The molecule has 0 amide bonds. The standard InChI is InChI=1S/C21H17BrClF2N3O4/c1-21(24,25)20-27-26-19-15(9-16(29)30)32-18(11-4-3-5-14(31-2)17(11)23)12-8-10(22)6-7-13(12)28(19)20/h3-8,15,18H,9H2,1-2H3,(H,29,30)/p-1/t15-,18-/m0/s1. The van der Waals surface area contributed by atoms with Crippen LogP contribution in [0.5, 0.6) is 5.75 Å². The monoisotopic (exact) mass is 526 g/mol. The van der Waals surface area contributed by atoms with Gasteiger partial charge >= 0.3 is 5.92 Å². The van der Waals surface area contributed by atoms with Gasteiger partial charge < -0.3 is 19.4 Å². The third kappa shape index (κ3) is 3.98. The molecule has 0 N–H and O–H groups in total. The molecule has 1 aromatic heterocycles. The summed E-state index contributed by atoms with van der Waals surface area (Å²) in [6.07, 6.45) is -2.78. The van der Waals surface area contributed by atoms with Gasteiger partial charge in [0.15, 0.2) is 5.82 Å². The molecule has 0 unspecified atom stereocenters. The fourth-order valence-corrected chi connectivity index (χ4v) is 4.36. The lowest BCUT2D eigenvalue weighted by Gasteiger charge is -2.24. The summed E-state index contributed by atoms with van der Waals surface area (Å²) in [5, 5.41) is 19.2. The Morgan fingerprint density at radius 2 is 2.06 bits per heavy atom. The molecule has 0 aliphatic carbocycles. The molecule has 2 heterocycles. The number of rotatable bonds is 5. The lowest BCUT2D eigenvalue weighted by Crippen LogP contribution is -2.27. The third-order valence-corrected chi connectivity index (χ3v) is 5.93. The fourth-order valence-electron chi connectivity index (χ4n) is 3.68. The van der Waals surface area contributed by atoms with Crippen LogP contribution in [0.4, 0.5) is 8.78 Å². The summed E-state index contributed by atoms with van der Waals surface area (Å²) in [6.45, 7) is 0.693. The van der Waals surface area contributed by atoms with E-state index in [-0.39, 0.29) is 10.8 Å². The van der Waals surface area contributed by atoms with E-state index < -0.39 is 36.3 Å². The largest absolute Gasteiger partial charge is 0.550 e. The van der Waals surface area contributed by atoms with Gasteiger partial charge in [-0.2, -0.15) is 8.78 Å². The zero-order valence-corrected chi connectivity index (χ0v) is 19.2. The smallest absolute Gasteiger partial charge is 0.304 e. The zero-order valence-electron chi connectivity index (χ0n) is 16.8. The van der Waals surface area contributed by atoms with Crippen LogP contribution in [0.2, 0.25) is 5.02 Å². The van der Waals surface area contributed by atoms with Crippen molar-refractivity contribution >= 4 is 33.5 Å². The van der Waals surface area contributed by atoms with Crippen LogP contribution in [-0.2, 0) is 15.5 Å². The van der Waals surface area contributed by atoms with Crippen molar-refractivity contribution in [3.05, 3.63) is 68.7 Å². The summed E-state index contributed by atoms with van der Waals surface area (Å²) >= 11 is 9.94. The third-order valence-electron chi connectivity index (χ3n) is 5.03.